The lowest BCUT2D eigenvalue weighted by Gasteiger charge is -2.29. The van der Waals surface area contributed by atoms with Crippen LogP contribution in [-0.2, 0) is 0 Å². The Kier molecular flexibility index (Phi) is 4.17. The van der Waals surface area contributed by atoms with Crippen molar-refractivity contribution in [2.75, 3.05) is 7.11 Å². The van der Waals surface area contributed by atoms with Gasteiger partial charge < -0.3 is 15.4 Å². The van der Waals surface area contributed by atoms with Crippen LogP contribution in [-0.4, -0.2) is 46.1 Å². The molecule has 2 aromatic rings. The fraction of sp³-hybridized carbons (Fsp3) is 0.500. The molecule has 2 bridgehead atoms. The van der Waals surface area contributed by atoms with E-state index in [1.54, 1.807) is 11.8 Å². The maximum atomic E-state index is 12.6. The zero-order chi connectivity index (χ0) is 17.4. The van der Waals surface area contributed by atoms with Gasteiger partial charge in [0.05, 0.1) is 18.5 Å². The Hall–Kier alpha value is -2.41. The SMILES string of the molecule is COc1ccc(-n2nnc(C(=O)NC3CC4CCC(C3)N4)c2C)cc1. The summed E-state index contributed by atoms with van der Waals surface area (Å²) in [7, 11) is 1.63. The predicted molar refractivity (Wildman–Crippen MR) is 93.1 cm³/mol. The molecule has 3 heterocycles. The Morgan fingerprint density at radius 3 is 2.56 bits per heavy atom. The molecule has 4 rings (SSSR count). The lowest BCUT2D eigenvalue weighted by molar-refractivity contribution is 0.0918. The maximum Gasteiger partial charge on any atom is 0.273 e. The second kappa shape index (κ2) is 6.48. The molecule has 0 radical (unpaired) electrons. The number of ether oxygens (including phenoxy) is 1. The van der Waals surface area contributed by atoms with Crippen molar-refractivity contribution < 1.29 is 9.53 Å². The number of carbonyl (C=O) groups is 1. The Bertz CT molecular complexity index is 758. The lowest BCUT2D eigenvalue weighted by Crippen LogP contribution is -2.48. The number of hydrogen-bond acceptors (Lipinski definition) is 5. The molecule has 25 heavy (non-hydrogen) atoms. The number of benzene rings is 1. The maximum absolute atomic E-state index is 12.6. The van der Waals surface area contributed by atoms with Crippen LogP contribution in [0.1, 0.15) is 41.9 Å². The van der Waals surface area contributed by atoms with Crippen LogP contribution in [0.15, 0.2) is 24.3 Å². The zero-order valence-corrected chi connectivity index (χ0v) is 14.5. The standard InChI is InChI=1S/C18H23N5O2/c1-11-17(18(24)20-14-9-12-3-4-13(10-14)19-12)21-22-23(11)15-5-7-16(25-2)8-6-15/h5-8,12-14,19H,3-4,9-10H2,1-2H3,(H,20,24). The van der Waals surface area contributed by atoms with Crippen molar-refractivity contribution in [1.29, 1.82) is 0 Å². The van der Waals surface area contributed by atoms with Gasteiger partial charge in [-0.3, -0.25) is 4.79 Å². The quantitative estimate of drug-likeness (QED) is 0.883. The molecule has 2 N–H and O–H groups in total. The molecular weight excluding hydrogens is 318 g/mol. The second-order valence-corrected chi connectivity index (χ2v) is 6.91. The van der Waals surface area contributed by atoms with Gasteiger partial charge in [0.1, 0.15) is 5.75 Å². The van der Waals surface area contributed by atoms with Crippen LogP contribution < -0.4 is 15.4 Å². The molecule has 2 aliphatic rings. The van der Waals surface area contributed by atoms with E-state index in [1.807, 2.05) is 31.2 Å². The molecule has 1 aromatic carbocycles. The largest absolute Gasteiger partial charge is 0.497 e. The molecule has 0 aliphatic carbocycles. The normalized spacial score (nSPS) is 25.0. The van der Waals surface area contributed by atoms with E-state index in [2.05, 4.69) is 20.9 Å². The number of aromatic nitrogens is 3. The Morgan fingerprint density at radius 1 is 1.24 bits per heavy atom. The van der Waals surface area contributed by atoms with Crippen LogP contribution in [0.5, 0.6) is 5.75 Å². The molecule has 7 nitrogen and oxygen atoms in total. The number of methoxy groups -OCH3 is 1. The van der Waals surface area contributed by atoms with E-state index in [0.29, 0.717) is 17.8 Å². The van der Waals surface area contributed by atoms with Gasteiger partial charge in [-0.05, 0) is 56.9 Å². The van der Waals surface area contributed by atoms with Crippen LogP contribution in [0.2, 0.25) is 0 Å². The molecule has 132 valence electrons. The van der Waals surface area contributed by atoms with Gasteiger partial charge in [-0.1, -0.05) is 5.21 Å². The van der Waals surface area contributed by atoms with Gasteiger partial charge in [0.15, 0.2) is 5.69 Å². The highest BCUT2D eigenvalue weighted by Crippen LogP contribution is 2.27. The molecule has 2 fully saturated rings. The number of nitrogens with one attached hydrogen (secondary N) is 2. The van der Waals surface area contributed by atoms with Crippen molar-refractivity contribution >= 4 is 5.91 Å². The summed E-state index contributed by atoms with van der Waals surface area (Å²) in [6, 6.07) is 8.82. The molecule has 2 atom stereocenters. The van der Waals surface area contributed by atoms with Crippen molar-refractivity contribution in [3.05, 3.63) is 35.7 Å². The topological polar surface area (TPSA) is 81.1 Å². The summed E-state index contributed by atoms with van der Waals surface area (Å²) in [6.45, 7) is 1.87. The molecule has 1 amide bonds. The Labute approximate surface area is 146 Å². The summed E-state index contributed by atoms with van der Waals surface area (Å²) < 4.78 is 6.85. The minimum Gasteiger partial charge on any atom is -0.497 e. The number of hydrogen-bond donors (Lipinski definition) is 2. The number of fused-ring (bicyclic) bond motifs is 2. The third-order valence-electron chi connectivity index (χ3n) is 5.23. The number of carbonyl (C=O) groups excluding carboxylic acids is 1. The fourth-order valence-electron chi connectivity index (χ4n) is 3.94. The number of amides is 1. The van der Waals surface area contributed by atoms with Gasteiger partial charge >= 0.3 is 0 Å². The van der Waals surface area contributed by atoms with E-state index >= 15 is 0 Å². The average molecular weight is 341 g/mol. The van der Waals surface area contributed by atoms with Gasteiger partial charge in [0, 0.05) is 18.1 Å². The minimum absolute atomic E-state index is 0.136. The van der Waals surface area contributed by atoms with E-state index in [1.165, 1.54) is 12.8 Å². The molecular formula is C18H23N5O2. The van der Waals surface area contributed by atoms with Gasteiger partial charge in [-0.15, -0.1) is 5.10 Å². The molecule has 0 spiro atoms. The van der Waals surface area contributed by atoms with Crippen molar-refractivity contribution in [3.63, 3.8) is 0 Å². The van der Waals surface area contributed by atoms with E-state index in [0.717, 1.165) is 30.0 Å². The summed E-state index contributed by atoms with van der Waals surface area (Å²) in [5, 5.41) is 15.0. The van der Waals surface area contributed by atoms with E-state index < -0.39 is 0 Å². The molecule has 0 saturated carbocycles. The van der Waals surface area contributed by atoms with Crippen LogP contribution in [0, 0.1) is 6.92 Å². The zero-order valence-electron chi connectivity index (χ0n) is 14.5. The monoisotopic (exact) mass is 341 g/mol. The average Bonchev–Trinajstić information content (AvgIpc) is 3.17. The molecule has 2 aliphatic heterocycles. The summed E-state index contributed by atoms with van der Waals surface area (Å²) in [4.78, 5) is 12.6. The number of rotatable bonds is 4. The van der Waals surface area contributed by atoms with Crippen LogP contribution in [0.3, 0.4) is 0 Å². The molecule has 1 aromatic heterocycles. The van der Waals surface area contributed by atoms with E-state index in [-0.39, 0.29) is 11.9 Å². The highest BCUT2D eigenvalue weighted by atomic mass is 16.5. The highest BCUT2D eigenvalue weighted by molar-refractivity contribution is 5.93. The second-order valence-electron chi connectivity index (χ2n) is 6.91. The summed E-state index contributed by atoms with van der Waals surface area (Å²) in [5.41, 5.74) is 1.98. The predicted octanol–water partition coefficient (Wildman–Crippen LogP) is 1.60. The lowest BCUT2D eigenvalue weighted by atomic mass is 9.99. The Morgan fingerprint density at radius 2 is 1.92 bits per heavy atom. The van der Waals surface area contributed by atoms with Crippen molar-refractivity contribution in [2.45, 2.75) is 50.7 Å². The fourth-order valence-corrected chi connectivity index (χ4v) is 3.94. The summed E-state index contributed by atoms with van der Waals surface area (Å²) >= 11 is 0. The third kappa shape index (κ3) is 3.11. The number of piperidine rings is 1. The summed E-state index contributed by atoms with van der Waals surface area (Å²) in [6.07, 6.45) is 4.41. The highest BCUT2D eigenvalue weighted by Gasteiger charge is 2.34. The van der Waals surface area contributed by atoms with Gasteiger partial charge in [-0.2, -0.15) is 0 Å². The molecule has 2 unspecified atom stereocenters. The van der Waals surface area contributed by atoms with E-state index in [9.17, 15) is 4.79 Å². The number of nitrogens with zero attached hydrogens (tertiary/aromatic N) is 3. The third-order valence-corrected chi connectivity index (χ3v) is 5.23. The van der Waals surface area contributed by atoms with Crippen molar-refractivity contribution in [3.8, 4) is 11.4 Å². The first kappa shape index (κ1) is 16.1. The van der Waals surface area contributed by atoms with Gasteiger partial charge in [0.25, 0.3) is 5.91 Å². The van der Waals surface area contributed by atoms with Crippen molar-refractivity contribution in [2.24, 2.45) is 0 Å². The smallest absolute Gasteiger partial charge is 0.273 e. The van der Waals surface area contributed by atoms with Crippen molar-refractivity contribution in [1.82, 2.24) is 25.6 Å². The van der Waals surface area contributed by atoms with Gasteiger partial charge in [0.2, 0.25) is 0 Å². The van der Waals surface area contributed by atoms with Crippen LogP contribution in [0.4, 0.5) is 0 Å². The van der Waals surface area contributed by atoms with E-state index in [4.69, 9.17) is 4.74 Å². The first-order valence-electron chi connectivity index (χ1n) is 8.77. The first-order chi connectivity index (χ1) is 12.1. The van der Waals surface area contributed by atoms with Crippen LogP contribution >= 0.6 is 0 Å². The Balaban J connectivity index is 1.49. The molecule has 7 heteroatoms. The van der Waals surface area contributed by atoms with Gasteiger partial charge in [-0.25, -0.2) is 4.68 Å². The minimum atomic E-state index is -0.136. The molecule has 2 saturated heterocycles. The summed E-state index contributed by atoms with van der Waals surface area (Å²) in [5.74, 6) is 0.642. The van der Waals surface area contributed by atoms with Crippen LogP contribution in [0.25, 0.3) is 5.69 Å². The first-order valence-corrected chi connectivity index (χ1v) is 8.77.